The molecule has 2 heterocycles. The minimum Gasteiger partial charge on any atom is -0.355 e. The van der Waals surface area contributed by atoms with Crippen molar-refractivity contribution in [2.45, 2.75) is 10.8 Å². The second kappa shape index (κ2) is 11.0. The zero-order valence-electron chi connectivity index (χ0n) is 13.6. The number of hydrogen-bond acceptors (Lipinski definition) is 4. The molecule has 0 saturated carbocycles. The molecule has 0 aliphatic heterocycles. The van der Waals surface area contributed by atoms with Crippen molar-refractivity contribution in [3.8, 4) is 0 Å². The fourth-order valence-corrected chi connectivity index (χ4v) is 4.48. The van der Waals surface area contributed by atoms with Gasteiger partial charge in [0.2, 0.25) is 10.0 Å². The summed E-state index contributed by atoms with van der Waals surface area (Å²) in [5.74, 6) is 0.625. The van der Waals surface area contributed by atoms with Crippen LogP contribution in [-0.4, -0.2) is 45.6 Å². The molecule has 0 fully saturated rings. The summed E-state index contributed by atoms with van der Waals surface area (Å²) in [6.45, 7) is 2.20. The highest BCUT2D eigenvalue weighted by Crippen LogP contribution is 2.24. The van der Waals surface area contributed by atoms with Gasteiger partial charge in [-0.3, -0.25) is 4.99 Å². The van der Waals surface area contributed by atoms with E-state index >= 15 is 0 Å². The average Bonchev–Trinajstić information content (AvgIpc) is 3.21. The summed E-state index contributed by atoms with van der Waals surface area (Å²) < 4.78 is 29.3. The molecule has 0 amide bonds. The summed E-state index contributed by atoms with van der Waals surface area (Å²) in [6, 6.07) is 7.00. The number of hydrogen-bond donors (Lipinski definition) is 3. The van der Waals surface area contributed by atoms with Gasteiger partial charge in [-0.15, -0.1) is 35.3 Å². The van der Waals surface area contributed by atoms with Crippen LogP contribution in [0.3, 0.4) is 0 Å². The first-order chi connectivity index (χ1) is 11.5. The second-order valence-corrected chi connectivity index (χ2v) is 8.51. The largest absolute Gasteiger partial charge is 0.355 e. The van der Waals surface area contributed by atoms with E-state index in [1.165, 1.54) is 6.07 Å². The highest BCUT2D eigenvalue weighted by Gasteiger charge is 2.15. The van der Waals surface area contributed by atoms with Crippen LogP contribution in [0.5, 0.6) is 0 Å². The summed E-state index contributed by atoms with van der Waals surface area (Å²) in [7, 11) is -1.84. The van der Waals surface area contributed by atoms with E-state index in [1.54, 1.807) is 13.1 Å². The number of rotatable bonds is 8. The van der Waals surface area contributed by atoms with Gasteiger partial charge in [-0.1, -0.05) is 11.6 Å². The van der Waals surface area contributed by atoms with Gasteiger partial charge >= 0.3 is 0 Å². The van der Waals surface area contributed by atoms with Crippen molar-refractivity contribution >= 4 is 62.9 Å². The maximum Gasteiger partial charge on any atom is 0.250 e. The van der Waals surface area contributed by atoms with Crippen molar-refractivity contribution in [2.24, 2.45) is 4.99 Å². The summed E-state index contributed by atoms with van der Waals surface area (Å²) in [6.07, 6.45) is 3.98. The summed E-state index contributed by atoms with van der Waals surface area (Å²) in [4.78, 5) is 4.09. The Morgan fingerprint density at radius 1 is 1.20 bits per heavy atom. The Kier molecular flexibility index (Phi) is 9.79. The minimum atomic E-state index is -3.51. The van der Waals surface area contributed by atoms with E-state index in [-0.39, 0.29) is 34.7 Å². The maximum absolute atomic E-state index is 12.0. The van der Waals surface area contributed by atoms with Crippen molar-refractivity contribution < 1.29 is 8.42 Å². The number of nitrogens with zero attached hydrogens (tertiary/aromatic N) is 2. The summed E-state index contributed by atoms with van der Waals surface area (Å²) >= 11 is 6.79. The molecule has 0 aliphatic carbocycles. The highest BCUT2D eigenvalue weighted by molar-refractivity contribution is 14.0. The number of aromatic nitrogens is 1. The zero-order valence-corrected chi connectivity index (χ0v) is 18.3. The van der Waals surface area contributed by atoms with Crippen LogP contribution in [0.15, 0.2) is 45.9 Å². The number of nitrogens with one attached hydrogen (secondary N) is 3. The molecule has 0 spiro atoms. The van der Waals surface area contributed by atoms with Crippen LogP contribution < -0.4 is 15.4 Å². The summed E-state index contributed by atoms with van der Waals surface area (Å²) in [5.41, 5.74) is 0. The lowest BCUT2D eigenvalue weighted by molar-refractivity contribution is 0.582. The molecule has 0 radical (unpaired) electrons. The SMILES string of the molecule is CN=C(NCCNS(=O)(=O)c1ccc(Cl)s1)NCCn1cccc1.I. The summed E-state index contributed by atoms with van der Waals surface area (Å²) in [5, 5.41) is 6.22. The molecule has 140 valence electrons. The molecule has 0 aliphatic rings. The van der Waals surface area contributed by atoms with Gasteiger partial charge in [0.15, 0.2) is 5.96 Å². The van der Waals surface area contributed by atoms with Crippen LogP contribution in [0.25, 0.3) is 0 Å². The number of sulfonamides is 1. The first-order valence-electron chi connectivity index (χ1n) is 7.31. The lowest BCUT2D eigenvalue weighted by Gasteiger charge is -2.12. The van der Waals surface area contributed by atoms with E-state index in [0.29, 0.717) is 23.4 Å². The third-order valence-corrected chi connectivity index (χ3v) is 6.26. The number of halogens is 2. The van der Waals surface area contributed by atoms with Crippen molar-refractivity contribution in [1.82, 2.24) is 19.9 Å². The fourth-order valence-electron chi connectivity index (χ4n) is 1.92. The molecule has 3 N–H and O–H groups in total. The van der Waals surface area contributed by atoms with Crippen molar-refractivity contribution in [3.63, 3.8) is 0 Å². The van der Waals surface area contributed by atoms with Gasteiger partial charge in [0.05, 0.1) is 4.34 Å². The predicted octanol–water partition coefficient (Wildman–Crippen LogP) is 1.96. The molecule has 2 aromatic heterocycles. The molecule has 0 saturated heterocycles. The van der Waals surface area contributed by atoms with Crippen LogP contribution in [-0.2, 0) is 16.6 Å². The van der Waals surface area contributed by atoms with E-state index in [9.17, 15) is 8.42 Å². The number of thiophene rings is 1. The normalized spacial score (nSPS) is 11.8. The minimum absolute atomic E-state index is 0. The number of aliphatic imine (C=N–C) groups is 1. The van der Waals surface area contributed by atoms with Crippen molar-refractivity contribution in [1.29, 1.82) is 0 Å². The number of guanidine groups is 1. The Hall–Kier alpha value is -0.820. The van der Waals surface area contributed by atoms with Gasteiger partial charge in [0.25, 0.3) is 0 Å². The lowest BCUT2D eigenvalue weighted by atomic mass is 10.6. The maximum atomic E-state index is 12.0. The second-order valence-electron chi connectivity index (χ2n) is 4.80. The van der Waals surface area contributed by atoms with Crippen LogP contribution in [0.1, 0.15) is 0 Å². The van der Waals surface area contributed by atoms with Gasteiger partial charge in [0, 0.05) is 45.6 Å². The van der Waals surface area contributed by atoms with E-state index in [2.05, 4.69) is 24.9 Å². The molecule has 0 unspecified atom stereocenters. The molecular formula is C14H21ClIN5O2S2. The van der Waals surface area contributed by atoms with Gasteiger partial charge in [-0.25, -0.2) is 13.1 Å². The lowest BCUT2D eigenvalue weighted by Crippen LogP contribution is -2.42. The van der Waals surface area contributed by atoms with E-state index < -0.39 is 10.0 Å². The first-order valence-corrected chi connectivity index (χ1v) is 9.99. The Bertz CT molecular complexity index is 762. The average molecular weight is 518 g/mol. The van der Waals surface area contributed by atoms with Crippen LogP contribution >= 0.6 is 46.9 Å². The zero-order chi connectivity index (χ0) is 17.4. The van der Waals surface area contributed by atoms with Gasteiger partial charge in [0.1, 0.15) is 4.21 Å². The third-order valence-electron chi connectivity index (χ3n) is 3.08. The van der Waals surface area contributed by atoms with Crippen LogP contribution in [0.4, 0.5) is 0 Å². The predicted molar refractivity (Wildman–Crippen MR) is 114 cm³/mol. The van der Waals surface area contributed by atoms with Crippen molar-refractivity contribution in [3.05, 3.63) is 41.0 Å². The van der Waals surface area contributed by atoms with Crippen LogP contribution in [0.2, 0.25) is 4.34 Å². The van der Waals surface area contributed by atoms with E-state index in [4.69, 9.17) is 11.6 Å². The topological polar surface area (TPSA) is 87.5 Å². The molecule has 0 aromatic carbocycles. The molecular weight excluding hydrogens is 497 g/mol. The standard InChI is InChI=1S/C14H20ClN5O2S2.HI/c1-16-14(18-8-11-20-9-2-3-10-20)17-6-7-19-24(21,22)13-5-4-12(15)23-13;/h2-5,9-10,19H,6-8,11H2,1H3,(H2,16,17,18);1H. The molecule has 2 rings (SSSR count). The van der Waals surface area contributed by atoms with Gasteiger partial charge in [-0.05, 0) is 24.3 Å². The first kappa shape index (κ1) is 22.2. The smallest absolute Gasteiger partial charge is 0.250 e. The molecule has 11 heteroatoms. The third kappa shape index (κ3) is 7.52. The monoisotopic (exact) mass is 517 g/mol. The Morgan fingerprint density at radius 3 is 2.48 bits per heavy atom. The van der Waals surface area contributed by atoms with Crippen molar-refractivity contribution in [2.75, 3.05) is 26.7 Å². The molecule has 0 bridgehead atoms. The fraction of sp³-hybridized carbons (Fsp3) is 0.357. The molecule has 2 aromatic rings. The van der Waals surface area contributed by atoms with Gasteiger partial charge in [-0.2, -0.15) is 0 Å². The Balaban J connectivity index is 0.00000312. The highest BCUT2D eigenvalue weighted by atomic mass is 127. The van der Waals surface area contributed by atoms with Gasteiger partial charge < -0.3 is 15.2 Å². The van der Waals surface area contributed by atoms with Crippen LogP contribution in [0, 0.1) is 0 Å². The quantitative estimate of drug-likeness (QED) is 0.216. The van der Waals surface area contributed by atoms with E-state index in [1.807, 2.05) is 24.5 Å². The Morgan fingerprint density at radius 2 is 1.88 bits per heavy atom. The van der Waals surface area contributed by atoms with E-state index in [0.717, 1.165) is 17.9 Å². The molecule has 0 atom stereocenters. The molecule has 25 heavy (non-hydrogen) atoms. The molecule has 7 nitrogen and oxygen atoms in total. The Labute approximate surface area is 173 Å².